The molecule has 3 aliphatic rings. The SMILES string of the molecule is CCC(CC)CN1CCOCC2(CCN(C3CCOCC3)C2)C1. The number of hydrogen-bond donors (Lipinski definition) is 0. The lowest BCUT2D eigenvalue weighted by Crippen LogP contribution is -2.44. The molecule has 4 nitrogen and oxygen atoms in total. The molecule has 0 amide bonds. The summed E-state index contributed by atoms with van der Waals surface area (Å²) in [5.41, 5.74) is 0.376. The van der Waals surface area contributed by atoms with Crippen molar-refractivity contribution >= 4 is 0 Å². The minimum Gasteiger partial charge on any atom is -0.381 e. The number of likely N-dealkylation sites (tertiary alicyclic amines) is 1. The maximum Gasteiger partial charge on any atom is 0.0593 e. The van der Waals surface area contributed by atoms with E-state index in [1.54, 1.807) is 0 Å². The highest BCUT2D eigenvalue weighted by Gasteiger charge is 2.43. The summed E-state index contributed by atoms with van der Waals surface area (Å²) >= 11 is 0. The van der Waals surface area contributed by atoms with Crippen molar-refractivity contribution in [2.75, 3.05) is 59.2 Å². The maximum absolute atomic E-state index is 6.05. The Morgan fingerprint density at radius 2 is 1.78 bits per heavy atom. The molecule has 134 valence electrons. The molecule has 1 spiro atoms. The molecule has 0 aromatic rings. The van der Waals surface area contributed by atoms with Gasteiger partial charge in [0.2, 0.25) is 0 Å². The van der Waals surface area contributed by atoms with Crippen LogP contribution in [0.25, 0.3) is 0 Å². The zero-order chi connectivity index (χ0) is 16.1. The predicted molar refractivity (Wildman–Crippen MR) is 93.8 cm³/mol. The Kier molecular flexibility index (Phi) is 6.36. The van der Waals surface area contributed by atoms with Gasteiger partial charge >= 0.3 is 0 Å². The first-order valence-electron chi connectivity index (χ1n) is 9.86. The largest absolute Gasteiger partial charge is 0.381 e. The lowest BCUT2D eigenvalue weighted by molar-refractivity contribution is 0.0283. The van der Waals surface area contributed by atoms with Crippen molar-refractivity contribution in [3.63, 3.8) is 0 Å². The van der Waals surface area contributed by atoms with E-state index in [1.165, 1.54) is 58.3 Å². The van der Waals surface area contributed by atoms with Gasteiger partial charge in [0.15, 0.2) is 0 Å². The molecule has 0 aliphatic carbocycles. The van der Waals surface area contributed by atoms with Gasteiger partial charge in [-0.05, 0) is 31.7 Å². The third kappa shape index (κ3) is 4.47. The summed E-state index contributed by atoms with van der Waals surface area (Å²) in [4.78, 5) is 5.45. The standard InChI is InChI=1S/C19H36N2O2/c1-3-17(4-2)13-20-9-12-23-16-19(14-20)7-8-21(15-19)18-5-10-22-11-6-18/h17-18H,3-16H2,1-2H3. The van der Waals surface area contributed by atoms with Gasteiger partial charge in [-0.15, -0.1) is 0 Å². The third-order valence-corrected chi connectivity index (χ3v) is 6.37. The summed E-state index contributed by atoms with van der Waals surface area (Å²) < 4.78 is 11.6. The van der Waals surface area contributed by atoms with Gasteiger partial charge in [0.25, 0.3) is 0 Å². The first-order chi connectivity index (χ1) is 11.2. The Morgan fingerprint density at radius 1 is 1.00 bits per heavy atom. The van der Waals surface area contributed by atoms with Crippen LogP contribution in [0.4, 0.5) is 0 Å². The van der Waals surface area contributed by atoms with Crippen molar-refractivity contribution in [2.24, 2.45) is 11.3 Å². The molecule has 3 rings (SSSR count). The van der Waals surface area contributed by atoms with Crippen molar-refractivity contribution in [3.8, 4) is 0 Å². The average Bonchev–Trinajstić information content (AvgIpc) is 2.90. The zero-order valence-electron chi connectivity index (χ0n) is 15.3. The molecular formula is C19H36N2O2. The average molecular weight is 325 g/mol. The number of nitrogens with zero attached hydrogens (tertiary/aromatic N) is 2. The van der Waals surface area contributed by atoms with Crippen LogP contribution in [-0.2, 0) is 9.47 Å². The molecule has 0 aromatic carbocycles. The van der Waals surface area contributed by atoms with Crippen molar-refractivity contribution in [2.45, 2.75) is 52.0 Å². The van der Waals surface area contributed by atoms with Crippen LogP contribution in [0.1, 0.15) is 46.0 Å². The molecule has 1 unspecified atom stereocenters. The van der Waals surface area contributed by atoms with Crippen LogP contribution in [0.3, 0.4) is 0 Å². The van der Waals surface area contributed by atoms with Crippen LogP contribution in [-0.4, -0.2) is 75.0 Å². The van der Waals surface area contributed by atoms with Crippen molar-refractivity contribution in [3.05, 3.63) is 0 Å². The highest BCUT2D eigenvalue weighted by atomic mass is 16.5. The molecule has 3 fully saturated rings. The van der Waals surface area contributed by atoms with Crippen LogP contribution in [0, 0.1) is 11.3 Å². The Morgan fingerprint density at radius 3 is 2.52 bits per heavy atom. The molecule has 0 bridgehead atoms. The monoisotopic (exact) mass is 324 g/mol. The molecule has 0 aromatic heterocycles. The molecule has 3 aliphatic heterocycles. The summed E-state index contributed by atoms with van der Waals surface area (Å²) in [5, 5.41) is 0. The summed E-state index contributed by atoms with van der Waals surface area (Å²) in [5.74, 6) is 0.846. The Hall–Kier alpha value is -0.160. The zero-order valence-corrected chi connectivity index (χ0v) is 15.3. The van der Waals surface area contributed by atoms with E-state index >= 15 is 0 Å². The second-order valence-corrected chi connectivity index (χ2v) is 8.03. The van der Waals surface area contributed by atoms with E-state index in [-0.39, 0.29) is 0 Å². The van der Waals surface area contributed by atoms with Gasteiger partial charge in [-0.25, -0.2) is 0 Å². The number of hydrogen-bond acceptors (Lipinski definition) is 4. The van der Waals surface area contributed by atoms with E-state index in [1.807, 2.05) is 0 Å². The van der Waals surface area contributed by atoms with Crippen LogP contribution in [0.15, 0.2) is 0 Å². The Bertz CT molecular complexity index is 355. The topological polar surface area (TPSA) is 24.9 Å². The van der Waals surface area contributed by atoms with Gasteiger partial charge in [0, 0.05) is 50.8 Å². The normalized spacial score (nSPS) is 32.0. The fourth-order valence-corrected chi connectivity index (χ4v) is 4.73. The summed E-state index contributed by atoms with van der Waals surface area (Å²) in [7, 11) is 0. The molecule has 3 saturated heterocycles. The van der Waals surface area contributed by atoms with E-state index in [0.29, 0.717) is 5.41 Å². The van der Waals surface area contributed by atoms with E-state index in [2.05, 4.69) is 23.6 Å². The van der Waals surface area contributed by atoms with Crippen molar-refractivity contribution < 1.29 is 9.47 Å². The second kappa shape index (κ2) is 8.28. The van der Waals surface area contributed by atoms with E-state index < -0.39 is 0 Å². The quantitative estimate of drug-likeness (QED) is 0.776. The van der Waals surface area contributed by atoms with E-state index in [0.717, 1.165) is 44.9 Å². The molecule has 0 saturated carbocycles. The number of ether oxygens (including phenoxy) is 2. The smallest absolute Gasteiger partial charge is 0.0593 e. The molecule has 4 heteroatoms. The summed E-state index contributed by atoms with van der Waals surface area (Å²) in [6.45, 7) is 14.6. The minimum atomic E-state index is 0.376. The van der Waals surface area contributed by atoms with Gasteiger partial charge in [-0.2, -0.15) is 0 Å². The third-order valence-electron chi connectivity index (χ3n) is 6.37. The molecule has 1 atom stereocenters. The van der Waals surface area contributed by atoms with Crippen LogP contribution in [0.5, 0.6) is 0 Å². The summed E-state index contributed by atoms with van der Waals surface area (Å²) in [6.07, 6.45) is 6.34. The highest BCUT2D eigenvalue weighted by molar-refractivity contribution is 4.96. The summed E-state index contributed by atoms with van der Waals surface area (Å²) in [6, 6.07) is 0.749. The minimum absolute atomic E-state index is 0.376. The molecular weight excluding hydrogens is 288 g/mol. The van der Waals surface area contributed by atoms with Crippen LogP contribution in [0.2, 0.25) is 0 Å². The lowest BCUT2D eigenvalue weighted by Gasteiger charge is -2.36. The van der Waals surface area contributed by atoms with E-state index in [9.17, 15) is 0 Å². The van der Waals surface area contributed by atoms with Gasteiger partial charge in [-0.1, -0.05) is 26.7 Å². The van der Waals surface area contributed by atoms with Gasteiger partial charge in [0.1, 0.15) is 0 Å². The van der Waals surface area contributed by atoms with Crippen LogP contribution >= 0.6 is 0 Å². The maximum atomic E-state index is 6.05. The van der Waals surface area contributed by atoms with Gasteiger partial charge in [0.05, 0.1) is 13.2 Å². The fraction of sp³-hybridized carbons (Fsp3) is 1.00. The highest BCUT2D eigenvalue weighted by Crippen LogP contribution is 2.36. The number of rotatable bonds is 5. The van der Waals surface area contributed by atoms with Crippen molar-refractivity contribution in [1.29, 1.82) is 0 Å². The predicted octanol–water partition coefficient (Wildman–Crippen LogP) is 2.63. The van der Waals surface area contributed by atoms with Crippen LogP contribution < -0.4 is 0 Å². The first kappa shape index (κ1) is 17.7. The second-order valence-electron chi connectivity index (χ2n) is 8.03. The van der Waals surface area contributed by atoms with E-state index in [4.69, 9.17) is 9.47 Å². The molecule has 3 heterocycles. The molecule has 0 radical (unpaired) electrons. The first-order valence-corrected chi connectivity index (χ1v) is 9.86. The van der Waals surface area contributed by atoms with Crippen molar-refractivity contribution in [1.82, 2.24) is 9.80 Å². The Balaban J connectivity index is 1.59. The van der Waals surface area contributed by atoms with Gasteiger partial charge in [-0.3, -0.25) is 4.90 Å². The fourth-order valence-electron chi connectivity index (χ4n) is 4.73. The Labute approximate surface area is 142 Å². The lowest BCUT2D eigenvalue weighted by atomic mass is 9.87. The van der Waals surface area contributed by atoms with Gasteiger partial charge < -0.3 is 14.4 Å². The molecule has 0 N–H and O–H groups in total. The molecule has 23 heavy (non-hydrogen) atoms.